The molecule has 0 aliphatic rings. The van der Waals surface area contributed by atoms with Gasteiger partial charge < -0.3 is 10.4 Å². The van der Waals surface area contributed by atoms with Gasteiger partial charge in [0, 0.05) is 18.7 Å². The van der Waals surface area contributed by atoms with Gasteiger partial charge >= 0.3 is 5.97 Å². The minimum absolute atomic E-state index is 0.0805. The van der Waals surface area contributed by atoms with Crippen LogP contribution in [0, 0.1) is 5.92 Å². The summed E-state index contributed by atoms with van der Waals surface area (Å²) in [5.74, 6) is -1.87. The van der Waals surface area contributed by atoms with Crippen LogP contribution < -0.4 is 5.32 Å². The molecule has 0 aliphatic carbocycles. The predicted molar refractivity (Wildman–Crippen MR) is 94.9 cm³/mol. The lowest BCUT2D eigenvalue weighted by Gasteiger charge is -2.21. The highest BCUT2D eigenvalue weighted by Gasteiger charge is 2.26. The molecule has 2 N–H and O–H groups in total. The topological polar surface area (TPSA) is 104 Å². The average molecular weight is 370 g/mol. The van der Waals surface area contributed by atoms with Gasteiger partial charge in [0.15, 0.2) is 0 Å². The number of nitrogens with zero attached hydrogens (tertiary/aromatic N) is 1. The first kappa shape index (κ1) is 21.1. The van der Waals surface area contributed by atoms with E-state index in [4.69, 9.17) is 0 Å². The summed E-state index contributed by atoms with van der Waals surface area (Å²) in [6.07, 6.45) is 0.607. The fourth-order valence-corrected chi connectivity index (χ4v) is 3.50. The second kappa shape index (κ2) is 8.44. The quantitative estimate of drug-likeness (QED) is 0.728. The molecule has 0 spiro atoms. The number of carboxylic acid groups (broad SMARTS) is 1. The second-order valence-corrected chi connectivity index (χ2v) is 8.31. The van der Waals surface area contributed by atoms with Crippen LogP contribution in [0.1, 0.15) is 44.5 Å². The predicted octanol–water partition coefficient (Wildman–Crippen LogP) is 1.94. The van der Waals surface area contributed by atoms with E-state index in [1.165, 1.54) is 35.6 Å². The molecule has 0 heterocycles. The Morgan fingerprint density at radius 1 is 1.16 bits per heavy atom. The fourth-order valence-electron chi connectivity index (χ4n) is 2.13. The Hall–Kier alpha value is -1.93. The minimum Gasteiger partial charge on any atom is -0.480 e. The van der Waals surface area contributed by atoms with Crippen molar-refractivity contribution < 1.29 is 23.1 Å². The molecule has 0 fully saturated rings. The van der Waals surface area contributed by atoms with Crippen molar-refractivity contribution in [2.75, 3.05) is 7.05 Å². The fraction of sp³-hybridized carbons (Fsp3) is 0.529. The van der Waals surface area contributed by atoms with E-state index in [0.29, 0.717) is 6.42 Å². The third-order valence-electron chi connectivity index (χ3n) is 4.29. The van der Waals surface area contributed by atoms with Crippen LogP contribution in [0.15, 0.2) is 29.2 Å². The van der Waals surface area contributed by atoms with Crippen molar-refractivity contribution in [1.29, 1.82) is 0 Å². The van der Waals surface area contributed by atoms with Crippen molar-refractivity contribution in [1.82, 2.24) is 9.62 Å². The van der Waals surface area contributed by atoms with E-state index in [0.717, 1.165) is 0 Å². The first-order valence-electron chi connectivity index (χ1n) is 8.14. The molecule has 0 bridgehead atoms. The molecule has 8 heteroatoms. The zero-order chi connectivity index (χ0) is 19.4. The van der Waals surface area contributed by atoms with Crippen molar-refractivity contribution in [3.05, 3.63) is 29.8 Å². The Kier molecular flexibility index (Phi) is 7.13. The summed E-state index contributed by atoms with van der Waals surface area (Å²) in [6, 6.07) is 4.27. The third-order valence-corrected chi connectivity index (χ3v) is 6.33. The smallest absolute Gasteiger partial charge is 0.326 e. The van der Waals surface area contributed by atoms with E-state index in [2.05, 4.69) is 5.32 Å². The minimum atomic E-state index is -3.63. The molecule has 0 unspecified atom stereocenters. The Labute approximate surface area is 149 Å². The summed E-state index contributed by atoms with van der Waals surface area (Å²) in [5.41, 5.74) is 0.209. The summed E-state index contributed by atoms with van der Waals surface area (Å²) in [6.45, 7) is 7.12. The normalized spacial score (nSPS) is 14.4. The molecule has 0 saturated carbocycles. The largest absolute Gasteiger partial charge is 0.480 e. The molecule has 0 saturated heterocycles. The standard InChI is InChI=1S/C17H26N2O5S/c1-6-12(4)15(17(21)22)18-16(20)13-7-9-14(10-8-13)25(23,24)19(5)11(2)3/h7-12,15H,6H2,1-5H3,(H,18,20)(H,21,22)/t12-,15-/m0/s1. The van der Waals surface area contributed by atoms with Gasteiger partial charge in [0.2, 0.25) is 10.0 Å². The summed E-state index contributed by atoms with van der Waals surface area (Å²) in [5, 5.41) is 11.7. The number of rotatable bonds is 8. The maximum Gasteiger partial charge on any atom is 0.326 e. The number of carbonyl (C=O) groups excluding carboxylic acids is 1. The highest BCUT2D eigenvalue weighted by atomic mass is 32.2. The van der Waals surface area contributed by atoms with Crippen LogP contribution >= 0.6 is 0 Å². The van der Waals surface area contributed by atoms with Gasteiger partial charge in [-0.25, -0.2) is 13.2 Å². The zero-order valence-electron chi connectivity index (χ0n) is 15.2. The molecule has 2 atom stereocenters. The molecular weight excluding hydrogens is 344 g/mol. The SMILES string of the molecule is CC[C@H](C)[C@H](NC(=O)c1ccc(S(=O)(=O)N(C)C(C)C)cc1)C(=O)O. The molecule has 1 aromatic carbocycles. The van der Waals surface area contributed by atoms with Gasteiger partial charge in [-0.1, -0.05) is 20.3 Å². The maximum atomic E-state index is 12.4. The Balaban J connectivity index is 2.99. The highest BCUT2D eigenvalue weighted by molar-refractivity contribution is 7.89. The van der Waals surface area contributed by atoms with Crippen LogP contribution in [-0.4, -0.2) is 48.8 Å². The average Bonchev–Trinajstić information content (AvgIpc) is 2.57. The molecule has 0 aromatic heterocycles. The van der Waals surface area contributed by atoms with Crippen LogP contribution in [-0.2, 0) is 14.8 Å². The molecule has 0 aliphatic heterocycles. The lowest BCUT2D eigenvalue weighted by molar-refractivity contribution is -0.140. The van der Waals surface area contributed by atoms with E-state index in [1.807, 2.05) is 6.92 Å². The number of hydrogen-bond donors (Lipinski definition) is 2. The number of benzene rings is 1. The van der Waals surface area contributed by atoms with Crippen molar-refractivity contribution in [3.8, 4) is 0 Å². The van der Waals surface area contributed by atoms with Gasteiger partial charge in [-0.3, -0.25) is 4.79 Å². The summed E-state index contributed by atoms with van der Waals surface area (Å²) in [7, 11) is -2.14. The molecule has 25 heavy (non-hydrogen) atoms. The number of carboxylic acids is 1. The second-order valence-electron chi connectivity index (χ2n) is 6.31. The molecular formula is C17H26N2O5S. The number of aliphatic carboxylic acids is 1. The number of hydrogen-bond acceptors (Lipinski definition) is 4. The van der Waals surface area contributed by atoms with Crippen LogP contribution in [0.5, 0.6) is 0 Å². The van der Waals surface area contributed by atoms with E-state index >= 15 is 0 Å². The van der Waals surface area contributed by atoms with Crippen LogP contribution in [0.4, 0.5) is 0 Å². The number of sulfonamides is 1. The Morgan fingerprint density at radius 2 is 1.68 bits per heavy atom. The van der Waals surface area contributed by atoms with Gasteiger partial charge in [-0.2, -0.15) is 4.31 Å². The lowest BCUT2D eigenvalue weighted by atomic mass is 9.99. The molecule has 7 nitrogen and oxygen atoms in total. The van der Waals surface area contributed by atoms with Crippen molar-refractivity contribution in [2.24, 2.45) is 5.92 Å². The van der Waals surface area contributed by atoms with Crippen molar-refractivity contribution in [2.45, 2.75) is 51.1 Å². The molecule has 0 radical (unpaired) electrons. The lowest BCUT2D eigenvalue weighted by Crippen LogP contribution is -2.45. The van der Waals surface area contributed by atoms with Crippen molar-refractivity contribution in [3.63, 3.8) is 0 Å². The first-order valence-corrected chi connectivity index (χ1v) is 9.58. The number of carbonyl (C=O) groups is 2. The molecule has 1 rings (SSSR count). The van der Waals surface area contributed by atoms with Gasteiger partial charge in [-0.15, -0.1) is 0 Å². The molecule has 1 amide bonds. The van der Waals surface area contributed by atoms with Gasteiger partial charge in [0.25, 0.3) is 5.91 Å². The number of nitrogens with one attached hydrogen (secondary N) is 1. The Bertz CT molecular complexity index is 713. The van der Waals surface area contributed by atoms with Gasteiger partial charge in [0.1, 0.15) is 6.04 Å². The van der Waals surface area contributed by atoms with E-state index in [-0.39, 0.29) is 22.4 Å². The van der Waals surface area contributed by atoms with E-state index in [1.54, 1.807) is 20.8 Å². The van der Waals surface area contributed by atoms with Crippen molar-refractivity contribution >= 4 is 21.9 Å². The zero-order valence-corrected chi connectivity index (χ0v) is 16.0. The van der Waals surface area contributed by atoms with Crippen LogP contribution in [0.3, 0.4) is 0 Å². The molecule has 140 valence electrons. The molecule has 1 aromatic rings. The summed E-state index contributed by atoms with van der Waals surface area (Å²) in [4.78, 5) is 23.6. The van der Waals surface area contributed by atoms with Gasteiger partial charge in [0.05, 0.1) is 4.90 Å². The van der Waals surface area contributed by atoms with Gasteiger partial charge in [-0.05, 0) is 44.0 Å². The summed E-state index contributed by atoms with van der Waals surface area (Å²) >= 11 is 0. The monoisotopic (exact) mass is 370 g/mol. The first-order chi connectivity index (χ1) is 11.5. The number of amides is 1. The third kappa shape index (κ3) is 5.02. The summed E-state index contributed by atoms with van der Waals surface area (Å²) < 4.78 is 26.0. The van der Waals surface area contributed by atoms with E-state index in [9.17, 15) is 23.1 Å². The maximum absolute atomic E-state index is 12.4. The van der Waals surface area contributed by atoms with E-state index < -0.39 is 27.9 Å². The Morgan fingerprint density at radius 3 is 2.08 bits per heavy atom. The van der Waals surface area contributed by atoms with Crippen LogP contribution in [0.25, 0.3) is 0 Å². The van der Waals surface area contributed by atoms with Crippen LogP contribution in [0.2, 0.25) is 0 Å². The highest BCUT2D eigenvalue weighted by Crippen LogP contribution is 2.17.